The molecule has 2 rings (SSSR count). The lowest BCUT2D eigenvalue weighted by atomic mass is 10.2. The van der Waals surface area contributed by atoms with Gasteiger partial charge in [-0.2, -0.15) is 11.3 Å². The fraction of sp³-hybridized carbons (Fsp3) is 0.400. The molecule has 6 heteroatoms. The first-order valence-electron chi connectivity index (χ1n) is 4.93. The van der Waals surface area contributed by atoms with Crippen molar-refractivity contribution in [3.63, 3.8) is 0 Å². The van der Waals surface area contributed by atoms with Crippen LogP contribution in [0.25, 0.3) is 0 Å². The van der Waals surface area contributed by atoms with E-state index in [4.69, 9.17) is 16.0 Å². The molecule has 0 radical (unpaired) electrons. The topological polar surface area (TPSA) is 51.0 Å². The third-order valence-corrected chi connectivity index (χ3v) is 3.27. The molecule has 4 nitrogen and oxygen atoms in total. The first kappa shape index (κ1) is 11.4. The van der Waals surface area contributed by atoms with Gasteiger partial charge in [-0.15, -0.1) is 16.7 Å². The van der Waals surface area contributed by atoms with Gasteiger partial charge in [0.25, 0.3) is 0 Å². The standard InChI is InChI=1S/C10H12ClN3OS/c1-7-5-16-6-8(7)4-12-10-14-13-9(15-10)2-3-11/h5-6H,2-4H2,1H3,(H,12,14). The van der Waals surface area contributed by atoms with E-state index in [9.17, 15) is 0 Å². The van der Waals surface area contributed by atoms with Crippen LogP contribution in [0, 0.1) is 6.92 Å². The molecule has 2 aromatic rings. The maximum absolute atomic E-state index is 5.58. The van der Waals surface area contributed by atoms with Crippen LogP contribution in [0.15, 0.2) is 15.2 Å². The molecule has 0 unspecified atom stereocenters. The lowest BCUT2D eigenvalue weighted by Gasteiger charge is -1.99. The van der Waals surface area contributed by atoms with Crippen LogP contribution in [0.5, 0.6) is 0 Å². The molecule has 1 N–H and O–H groups in total. The lowest BCUT2D eigenvalue weighted by Crippen LogP contribution is -1.99. The molecule has 0 bridgehead atoms. The minimum atomic E-state index is 0.450. The number of thiophene rings is 1. The van der Waals surface area contributed by atoms with Gasteiger partial charge in [0.05, 0.1) is 0 Å². The normalized spacial score (nSPS) is 10.6. The van der Waals surface area contributed by atoms with Gasteiger partial charge in [0.1, 0.15) is 0 Å². The minimum Gasteiger partial charge on any atom is -0.408 e. The summed E-state index contributed by atoms with van der Waals surface area (Å²) in [6, 6.07) is 0.450. The fourth-order valence-corrected chi connectivity index (χ4v) is 2.26. The van der Waals surface area contributed by atoms with Crippen LogP contribution < -0.4 is 5.32 Å². The predicted molar refractivity (Wildman–Crippen MR) is 65.1 cm³/mol. The van der Waals surface area contributed by atoms with Gasteiger partial charge in [0, 0.05) is 18.8 Å². The van der Waals surface area contributed by atoms with Crippen LogP contribution >= 0.6 is 22.9 Å². The number of halogens is 1. The van der Waals surface area contributed by atoms with E-state index in [1.165, 1.54) is 11.1 Å². The van der Waals surface area contributed by atoms with Crippen molar-refractivity contribution in [3.05, 3.63) is 27.8 Å². The van der Waals surface area contributed by atoms with E-state index in [1.54, 1.807) is 11.3 Å². The van der Waals surface area contributed by atoms with Crippen molar-refractivity contribution in [1.29, 1.82) is 0 Å². The Bertz CT molecular complexity index is 454. The highest BCUT2D eigenvalue weighted by atomic mass is 35.5. The maximum atomic E-state index is 5.58. The maximum Gasteiger partial charge on any atom is 0.315 e. The van der Waals surface area contributed by atoms with Gasteiger partial charge in [-0.1, -0.05) is 5.10 Å². The summed E-state index contributed by atoms with van der Waals surface area (Å²) in [7, 11) is 0. The summed E-state index contributed by atoms with van der Waals surface area (Å²) in [5.74, 6) is 1.06. The molecule has 2 heterocycles. The number of rotatable bonds is 5. The van der Waals surface area contributed by atoms with Gasteiger partial charge in [0.2, 0.25) is 5.89 Å². The van der Waals surface area contributed by atoms with Crippen molar-refractivity contribution >= 4 is 29.0 Å². The number of hydrogen-bond acceptors (Lipinski definition) is 5. The molecule has 0 saturated carbocycles. The third-order valence-electron chi connectivity index (χ3n) is 2.17. The Kier molecular flexibility index (Phi) is 3.79. The molecule has 86 valence electrons. The first-order chi connectivity index (χ1) is 7.79. The number of alkyl halides is 1. The van der Waals surface area contributed by atoms with E-state index in [0.717, 1.165) is 0 Å². The van der Waals surface area contributed by atoms with E-state index < -0.39 is 0 Å². The second-order valence-electron chi connectivity index (χ2n) is 3.37. The Hall–Kier alpha value is -1.07. The van der Waals surface area contributed by atoms with Crippen molar-refractivity contribution in [3.8, 4) is 0 Å². The number of nitrogens with one attached hydrogen (secondary N) is 1. The SMILES string of the molecule is Cc1cscc1CNc1nnc(CCCl)o1. The average molecular weight is 258 g/mol. The van der Waals surface area contributed by atoms with Gasteiger partial charge >= 0.3 is 6.01 Å². The zero-order valence-electron chi connectivity index (χ0n) is 8.86. The Morgan fingerprint density at radius 1 is 1.44 bits per heavy atom. The summed E-state index contributed by atoms with van der Waals surface area (Å²) in [6.07, 6.45) is 0.605. The number of nitrogens with zero attached hydrogens (tertiary/aromatic N) is 2. The zero-order chi connectivity index (χ0) is 11.4. The Labute approximate surface area is 103 Å². The summed E-state index contributed by atoms with van der Waals surface area (Å²) in [5.41, 5.74) is 2.53. The van der Waals surface area contributed by atoms with E-state index >= 15 is 0 Å². The van der Waals surface area contributed by atoms with E-state index in [1.807, 2.05) is 0 Å². The molecular weight excluding hydrogens is 246 g/mol. The first-order valence-corrected chi connectivity index (χ1v) is 6.41. The second kappa shape index (κ2) is 5.32. The van der Waals surface area contributed by atoms with E-state index in [0.29, 0.717) is 30.8 Å². The molecule has 16 heavy (non-hydrogen) atoms. The van der Waals surface area contributed by atoms with Crippen LogP contribution in [0.2, 0.25) is 0 Å². The fourth-order valence-electron chi connectivity index (χ4n) is 1.25. The van der Waals surface area contributed by atoms with Crippen molar-refractivity contribution in [2.24, 2.45) is 0 Å². The van der Waals surface area contributed by atoms with Crippen molar-refractivity contribution in [2.75, 3.05) is 11.2 Å². The molecule has 0 aliphatic heterocycles. The highest BCUT2D eigenvalue weighted by Gasteiger charge is 2.05. The summed E-state index contributed by atoms with van der Waals surface area (Å²) in [5, 5.41) is 15.1. The summed E-state index contributed by atoms with van der Waals surface area (Å²) in [6.45, 7) is 2.79. The summed E-state index contributed by atoms with van der Waals surface area (Å²) in [4.78, 5) is 0. The largest absolute Gasteiger partial charge is 0.408 e. The number of aryl methyl sites for hydroxylation is 2. The zero-order valence-corrected chi connectivity index (χ0v) is 10.4. The quantitative estimate of drug-likeness (QED) is 0.837. The Balaban J connectivity index is 1.92. The van der Waals surface area contributed by atoms with Gasteiger partial charge < -0.3 is 9.73 Å². The number of hydrogen-bond donors (Lipinski definition) is 1. The highest BCUT2D eigenvalue weighted by molar-refractivity contribution is 7.08. The molecule has 0 amide bonds. The van der Waals surface area contributed by atoms with Crippen LogP contribution in [-0.2, 0) is 13.0 Å². The molecule has 0 aliphatic carbocycles. The molecule has 0 aromatic carbocycles. The molecule has 0 aliphatic rings. The Morgan fingerprint density at radius 3 is 3.00 bits per heavy atom. The molecule has 0 atom stereocenters. The molecular formula is C10H12ClN3OS. The predicted octanol–water partition coefficient (Wildman–Crippen LogP) is 2.83. The van der Waals surface area contributed by atoms with Crippen molar-refractivity contribution in [2.45, 2.75) is 19.9 Å². The third kappa shape index (κ3) is 2.74. The molecule has 0 spiro atoms. The van der Waals surface area contributed by atoms with E-state index in [-0.39, 0.29) is 0 Å². The number of anilines is 1. The van der Waals surface area contributed by atoms with Gasteiger partial charge in [0.15, 0.2) is 0 Å². The highest BCUT2D eigenvalue weighted by Crippen LogP contribution is 2.15. The smallest absolute Gasteiger partial charge is 0.315 e. The monoisotopic (exact) mass is 257 g/mol. The molecule has 0 fully saturated rings. The van der Waals surface area contributed by atoms with Crippen LogP contribution in [0.1, 0.15) is 17.0 Å². The van der Waals surface area contributed by atoms with Gasteiger partial charge in [-0.3, -0.25) is 0 Å². The minimum absolute atomic E-state index is 0.450. The van der Waals surface area contributed by atoms with Gasteiger partial charge in [-0.05, 0) is 28.8 Å². The van der Waals surface area contributed by atoms with E-state index in [2.05, 4.69) is 33.2 Å². The average Bonchev–Trinajstić information content (AvgIpc) is 2.86. The Morgan fingerprint density at radius 2 is 2.31 bits per heavy atom. The molecule has 0 saturated heterocycles. The van der Waals surface area contributed by atoms with Gasteiger partial charge in [-0.25, -0.2) is 0 Å². The van der Waals surface area contributed by atoms with Crippen molar-refractivity contribution < 1.29 is 4.42 Å². The van der Waals surface area contributed by atoms with Crippen molar-refractivity contribution in [1.82, 2.24) is 10.2 Å². The molecule has 2 aromatic heterocycles. The summed E-state index contributed by atoms with van der Waals surface area (Å²) >= 11 is 7.27. The van der Waals surface area contributed by atoms with Crippen LogP contribution in [0.4, 0.5) is 6.01 Å². The summed E-state index contributed by atoms with van der Waals surface area (Å²) < 4.78 is 5.35. The van der Waals surface area contributed by atoms with Crippen LogP contribution in [0.3, 0.4) is 0 Å². The number of aromatic nitrogens is 2. The second-order valence-corrected chi connectivity index (χ2v) is 4.50. The lowest BCUT2D eigenvalue weighted by molar-refractivity contribution is 0.512. The van der Waals surface area contributed by atoms with Crippen LogP contribution in [-0.4, -0.2) is 16.1 Å².